The number of hydrogen-bond donors (Lipinski definition) is 0. The first-order valence-electron chi connectivity index (χ1n) is 4.94. The molecular formula is C11H11Cl2N3. The molecule has 0 aliphatic carbocycles. The zero-order chi connectivity index (χ0) is 11.5. The second-order valence-electron chi connectivity index (χ2n) is 3.63. The number of nitrogens with zero attached hydrogens (tertiary/aromatic N) is 3. The summed E-state index contributed by atoms with van der Waals surface area (Å²) < 4.78 is 1.70. The van der Waals surface area contributed by atoms with Gasteiger partial charge in [-0.1, -0.05) is 34.5 Å². The standard InChI is InChI=1S/C11H11Cl2N3/c1-16-7-9(14-15-16)4-2-8-3-5-10(12)11(13)6-8/h3,5-7H,2,4H2,1H3. The molecule has 0 saturated carbocycles. The van der Waals surface area contributed by atoms with Crippen molar-refractivity contribution in [2.75, 3.05) is 0 Å². The minimum Gasteiger partial charge on any atom is -0.255 e. The van der Waals surface area contributed by atoms with E-state index < -0.39 is 0 Å². The van der Waals surface area contributed by atoms with Crippen LogP contribution in [0.4, 0.5) is 0 Å². The van der Waals surface area contributed by atoms with E-state index in [4.69, 9.17) is 23.2 Å². The molecule has 1 aromatic carbocycles. The predicted molar refractivity (Wildman–Crippen MR) is 64.9 cm³/mol. The van der Waals surface area contributed by atoms with Gasteiger partial charge in [-0.2, -0.15) is 0 Å². The first-order chi connectivity index (χ1) is 7.65. The van der Waals surface area contributed by atoms with Gasteiger partial charge in [0.1, 0.15) is 0 Å². The first-order valence-corrected chi connectivity index (χ1v) is 5.70. The highest BCUT2D eigenvalue weighted by Crippen LogP contribution is 2.23. The molecule has 0 fully saturated rings. The van der Waals surface area contributed by atoms with Crippen molar-refractivity contribution >= 4 is 23.2 Å². The number of benzene rings is 1. The molecule has 0 aliphatic rings. The Hall–Kier alpha value is -1.06. The maximum absolute atomic E-state index is 5.94. The molecule has 3 nitrogen and oxygen atoms in total. The van der Waals surface area contributed by atoms with Crippen LogP contribution in [-0.4, -0.2) is 15.0 Å². The van der Waals surface area contributed by atoms with Crippen molar-refractivity contribution in [2.24, 2.45) is 7.05 Å². The van der Waals surface area contributed by atoms with Crippen molar-refractivity contribution in [1.29, 1.82) is 0 Å². The number of hydrogen-bond acceptors (Lipinski definition) is 2. The Bertz CT molecular complexity index is 494. The fraction of sp³-hybridized carbons (Fsp3) is 0.273. The summed E-state index contributed by atoms with van der Waals surface area (Å²) in [5.41, 5.74) is 2.13. The highest BCUT2D eigenvalue weighted by Gasteiger charge is 2.02. The summed E-state index contributed by atoms with van der Waals surface area (Å²) in [6.07, 6.45) is 3.65. The average molecular weight is 256 g/mol. The van der Waals surface area contributed by atoms with Gasteiger partial charge < -0.3 is 0 Å². The minimum atomic E-state index is 0.588. The molecule has 0 saturated heterocycles. The van der Waals surface area contributed by atoms with Crippen molar-refractivity contribution < 1.29 is 0 Å². The van der Waals surface area contributed by atoms with Crippen molar-refractivity contribution in [3.63, 3.8) is 0 Å². The van der Waals surface area contributed by atoms with Crippen LogP contribution in [0, 0.1) is 0 Å². The number of aryl methyl sites for hydroxylation is 3. The van der Waals surface area contributed by atoms with Gasteiger partial charge in [0.25, 0.3) is 0 Å². The van der Waals surface area contributed by atoms with E-state index in [1.165, 1.54) is 0 Å². The van der Waals surface area contributed by atoms with Crippen LogP contribution in [0.3, 0.4) is 0 Å². The molecule has 0 aliphatic heterocycles. The van der Waals surface area contributed by atoms with Crippen molar-refractivity contribution in [2.45, 2.75) is 12.8 Å². The topological polar surface area (TPSA) is 30.7 Å². The molecule has 0 radical (unpaired) electrons. The zero-order valence-corrected chi connectivity index (χ0v) is 10.3. The van der Waals surface area contributed by atoms with E-state index in [0.29, 0.717) is 10.0 Å². The highest BCUT2D eigenvalue weighted by molar-refractivity contribution is 6.42. The van der Waals surface area contributed by atoms with E-state index in [2.05, 4.69) is 10.3 Å². The van der Waals surface area contributed by atoms with Crippen LogP contribution >= 0.6 is 23.2 Å². The van der Waals surface area contributed by atoms with Gasteiger partial charge in [0.15, 0.2) is 0 Å². The van der Waals surface area contributed by atoms with Gasteiger partial charge in [0.2, 0.25) is 0 Å². The molecule has 0 atom stereocenters. The van der Waals surface area contributed by atoms with Crippen molar-refractivity contribution in [1.82, 2.24) is 15.0 Å². The van der Waals surface area contributed by atoms with Gasteiger partial charge in [-0.15, -0.1) is 5.10 Å². The van der Waals surface area contributed by atoms with Crippen molar-refractivity contribution in [3.8, 4) is 0 Å². The summed E-state index contributed by atoms with van der Waals surface area (Å²) >= 11 is 11.8. The number of rotatable bonds is 3. The van der Waals surface area contributed by atoms with E-state index in [0.717, 1.165) is 24.1 Å². The van der Waals surface area contributed by atoms with Crippen LogP contribution < -0.4 is 0 Å². The molecule has 5 heteroatoms. The van der Waals surface area contributed by atoms with E-state index in [1.54, 1.807) is 4.68 Å². The Morgan fingerprint density at radius 2 is 2.00 bits per heavy atom. The second-order valence-corrected chi connectivity index (χ2v) is 4.45. The van der Waals surface area contributed by atoms with Gasteiger partial charge >= 0.3 is 0 Å². The minimum absolute atomic E-state index is 0.588. The fourth-order valence-electron chi connectivity index (χ4n) is 1.48. The summed E-state index contributed by atoms with van der Waals surface area (Å²) in [4.78, 5) is 0. The fourth-order valence-corrected chi connectivity index (χ4v) is 1.80. The van der Waals surface area contributed by atoms with Gasteiger partial charge in [0.05, 0.1) is 15.7 Å². The normalized spacial score (nSPS) is 10.7. The van der Waals surface area contributed by atoms with Gasteiger partial charge in [0, 0.05) is 13.2 Å². The third kappa shape index (κ3) is 2.74. The van der Waals surface area contributed by atoms with Crippen LogP contribution in [0.15, 0.2) is 24.4 Å². The summed E-state index contributed by atoms with van der Waals surface area (Å²) in [6.45, 7) is 0. The molecule has 2 aromatic rings. The lowest BCUT2D eigenvalue weighted by molar-refractivity contribution is 0.713. The lowest BCUT2D eigenvalue weighted by atomic mass is 10.1. The van der Waals surface area contributed by atoms with Crippen LogP contribution in [0.1, 0.15) is 11.3 Å². The molecule has 1 aromatic heterocycles. The van der Waals surface area contributed by atoms with Gasteiger partial charge in [-0.3, -0.25) is 4.68 Å². The summed E-state index contributed by atoms with van der Waals surface area (Å²) in [6, 6.07) is 5.68. The molecule has 0 bridgehead atoms. The first kappa shape index (κ1) is 11.4. The van der Waals surface area contributed by atoms with Gasteiger partial charge in [-0.05, 0) is 30.5 Å². The smallest absolute Gasteiger partial charge is 0.0830 e. The molecule has 16 heavy (non-hydrogen) atoms. The van der Waals surface area contributed by atoms with Crippen LogP contribution in [-0.2, 0) is 19.9 Å². The second kappa shape index (κ2) is 4.85. The highest BCUT2D eigenvalue weighted by atomic mass is 35.5. The Kier molecular flexibility index (Phi) is 3.46. The van der Waals surface area contributed by atoms with Crippen LogP contribution in [0.2, 0.25) is 10.0 Å². The van der Waals surface area contributed by atoms with E-state index >= 15 is 0 Å². The summed E-state index contributed by atoms with van der Waals surface area (Å²) in [5.74, 6) is 0. The summed E-state index contributed by atoms with van der Waals surface area (Å²) in [7, 11) is 1.86. The molecule has 1 heterocycles. The zero-order valence-electron chi connectivity index (χ0n) is 8.82. The van der Waals surface area contributed by atoms with Gasteiger partial charge in [-0.25, -0.2) is 0 Å². The Balaban J connectivity index is 2.02. The Labute approximate surface area is 104 Å². The van der Waals surface area contributed by atoms with E-state index in [9.17, 15) is 0 Å². The van der Waals surface area contributed by atoms with E-state index in [1.807, 2.05) is 31.4 Å². The van der Waals surface area contributed by atoms with Crippen LogP contribution in [0.5, 0.6) is 0 Å². The monoisotopic (exact) mass is 255 g/mol. The SMILES string of the molecule is Cn1cc(CCc2ccc(Cl)c(Cl)c2)nn1. The lowest BCUT2D eigenvalue weighted by Crippen LogP contribution is -1.91. The summed E-state index contributed by atoms with van der Waals surface area (Å²) in [5, 5.41) is 9.09. The average Bonchev–Trinajstić information content (AvgIpc) is 2.66. The largest absolute Gasteiger partial charge is 0.255 e. The quantitative estimate of drug-likeness (QED) is 0.845. The number of halogens is 2. The third-order valence-electron chi connectivity index (χ3n) is 2.30. The maximum Gasteiger partial charge on any atom is 0.0830 e. The molecule has 0 spiro atoms. The molecule has 0 unspecified atom stereocenters. The third-order valence-corrected chi connectivity index (χ3v) is 3.04. The number of aromatic nitrogens is 3. The molecule has 84 valence electrons. The van der Waals surface area contributed by atoms with E-state index in [-0.39, 0.29) is 0 Å². The maximum atomic E-state index is 5.94. The molecule has 0 N–H and O–H groups in total. The Morgan fingerprint density at radius 3 is 2.62 bits per heavy atom. The van der Waals surface area contributed by atoms with Crippen molar-refractivity contribution in [3.05, 3.63) is 45.7 Å². The lowest BCUT2D eigenvalue weighted by Gasteiger charge is -2.01. The Morgan fingerprint density at radius 1 is 1.19 bits per heavy atom. The van der Waals surface area contributed by atoms with Crippen LogP contribution in [0.25, 0.3) is 0 Å². The molecular weight excluding hydrogens is 245 g/mol. The molecule has 2 rings (SSSR count). The molecule has 0 amide bonds. The predicted octanol–water partition coefficient (Wildman–Crippen LogP) is 2.91.